The first-order valence-corrected chi connectivity index (χ1v) is 12.0. The van der Waals surface area contributed by atoms with Crippen LogP contribution >= 0.6 is 46.1 Å². The molecular formula is C23H14Cl3F3N2O3S. The molecule has 0 saturated heterocycles. The molecule has 1 aliphatic rings. The quantitative estimate of drug-likeness (QED) is 0.406. The second-order valence-electron chi connectivity index (χ2n) is 7.26. The number of ether oxygens (including phenoxy) is 1. The topological polar surface area (TPSA) is 60.7 Å². The van der Waals surface area contributed by atoms with Crippen molar-refractivity contribution in [2.75, 3.05) is 6.61 Å². The van der Waals surface area contributed by atoms with Crippen molar-refractivity contribution in [1.82, 2.24) is 4.57 Å². The molecule has 35 heavy (non-hydrogen) atoms. The number of thiazole rings is 1. The van der Waals surface area contributed by atoms with Gasteiger partial charge in [-0.3, -0.25) is 9.36 Å². The van der Waals surface area contributed by atoms with Crippen LogP contribution in [0.2, 0.25) is 15.1 Å². The molecule has 12 heteroatoms. The van der Waals surface area contributed by atoms with Gasteiger partial charge in [0.15, 0.2) is 10.5 Å². The molecule has 1 aliphatic heterocycles. The lowest BCUT2D eigenvalue weighted by molar-refractivity contribution is -0.140. The van der Waals surface area contributed by atoms with Crippen molar-refractivity contribution in [2.45, 2.75) is 19.1 Å². The van der Waals surface area contributed by atoms with E-state index in [1.165, 1.54) is 37.3 Å². The van der Waals surface area contributed by atoms with Gasteiger partial charge >= 0.3 is 12.1 Å². The van der Waals surface area contributed by atoms with Gasteiger partial charge in [0.25, 0.3) is 5.56 Å². The van der Waals surface area contributed by atoms with Gasteiger partial charge in [-0.15, -0.1) is 0 Å². The molecule has 0 fully saturated rings. The van der Waals surface area contributed by atoms with Gasteiger partial charge < -0.3 is 4.74 Å². The molecule has 0 saturated carbocycles. The summed E-state index contributed by atoms with van der Waals surface area (Å²) in [7, 11) is 0. The summed E-state index contributed by atoms with van der Waals surface area (Å²) >= 11 is 19.0. The number of rotatable bonds is 4. The zero-order chi connectivity index (χ0) is 25.5. The highest BCUT2D eigenvalue weighted by Gasteiger charge is 2.45. The average molecular weight is 562 g/mol. The van der Waals surface area contributed by atoms with Crippen LogP contribution in [-0.2, 0) is 9.53 Å². The fourth-order valence-corrected chi connectivity index (χ4v) is 5.05. The summed E-state index contributed by atoms with van der Waals surface area (Å²) in [4.78, 5) is 29.7. The van der Waals surface area contributed by atoms with Crippen molar-refractivity contribution in [3.63, 3.8) is 0 Å². The summed E-state index contributed by atoms with van der Waals surface area (Å²) in [5, 5.41) is 0.753. The van der Waals surface area contributed by atoms with Gasteiger partial charge in [0.1, 0.15) is 0 Å². The highest BCUT2D eigenvalue weighted by molar-refractivity contribution is 7.07. The second-order valence-corrected chi connectivity index (χ2v) is 9.49. The van der Waals surface area contributed by atoms with E-state index in [0.717, 1.165) is 15.9 Å². The van der Waals surface area contributed by atoms with Gasteiger partial charge in [-0.25, -0.2) is 9.79 Å². The van der Waals surface area contributed by atoms with Crippen LogP contribution in [0.5, 0.6) is 0 Å². The van der Waals surface area contributed by atoms with E-state index in [0.29, 0.717) is 10.6 Å². The number of carbonyl (C=O) groups excluding carboxylic acids is 1. The van der Waals surface area contributed by atoms with E-state index in [1.54, 1.807) is 18.2 Å². The minimum Gasteiger partial charge on any atom is -0.463 e. The Labute approximate surface area is 215 Å². The van der Waals surface area contributed by atoms with Crippen LogP contribution in [0.1, 0.15) is 24.1 Å². The highest BCUT2D eigenvalue weighted by atomic mass is 35.5. The number of aromatic nitrogens is 1. The molecule has 4 rings (SSSR count). The van der Waals surface area contributed by atoms with E-state index < -0.39 is 35.0 Å². The lowest BCUT2D eigenvalue weighted by Crippen LogP contribution is -2.41. The predicted octanol–water partition coefficient (Wildman–Crippen LogP) is 5.30. The summed E-state index contributed by atoms with van der Waals surface area (Å²) in [6.07, 6.45) is -3.57. The smallest absolute Gasteiger partial charge is 0.434 e. The third-order valence-electron chi connectivity index (χ3n) is 5.05. The predicted molar refractivity (Wildman–Crippen MR) is 129 cm³/mol. The molecule has 0 N–H and O–H groups in total. The Bertz CT molecular complexity index is 1530. The Morgan fingerprint density at radius 3 is 2.49 bits per heavy atom. The number of esters is 1. The van der Waals surface area contributed by atoms with Crippen molar-refractivity contribution in [3.05, 3.63) is 99.6 Å². The molecular weight excluding hydrogens is 548 g/mol. The Morgan fingerprint density at radius 1 is 1.17 bits per heavy atom. The molecule has 1 aromatic heterocycles. The Kier molecular flexibility index (Phi) is 7.15. The van der Waals surface area contributed by atoms with Crippen LogP contribution in [0, 0.1) is 0 Å². The van der Waals surface area contributed by atoms with Gasteiger partial charge in [-0.1, -0.05) is 70.4 Å². The normalized spacial score (nSPS) is 16.2. The van der Waals surface area contributed by atoms with Crippen LogP contribution in [0.3, 0.4) is 0 Å². The van der Waals surface area contributed by atoms with E-state index in [1.807, 2.05) is 0 Å². The van der Waals surface area contributed by atoms with Crippen molar-refractivity contribution >= 4 is 58.2 Å². The number of halogens is 6. The molecule has 2 aromatic carbocycles. The molecule has 0 bridgehead atoms. The fraction of sp³-hybridized carbons (Fsp3) is 0.174. The number of nitrogens with zero attached hydrogens (tertiary/aromatic N) is 2. The first-order valence-electron chi connectivity index (χ1n) is 10.0. The van der Waals surface area contributed by atoms with Gasteiger partial charge in [-0.2, -0.15) is 13.2 Å². The number of allylic oxidation sites excluding steroid dienone is 1. The van der Waals surface area contributed by atoms with Crippen molar-refractivity contribution < 1.29 is 22.7 Å². The maximum atomic E-state index is 14.1. The van der Waals surface area contributed by atoms with Gasteiger partial charge in [-0.05, 0) is 42.3 Å². The van der Waals surface area contributed by atoms with Gasteiger partial charge in [0.2, 0.25) is 0 Å². The number of hydrogen-bond acceptors (Lipinski definition) is 5. The summed E-state index contributed by atoms with van der Waals surface area (Å²) in [5.41, 5.74) is -2.26. The monoisotopic (exact) mass is 560 g/mol. The largest absolute Gasteiger partial charge is 0.463 e. The Balaban J connectivity index is 2.07. The standard InChI is InChI=1S/C23H14Cl3F3N2O3S/c1-2-34-21(33)16-18(11-6-8-13(24)9-7-11)31-20(32)15(10-12-4-3-5-14(25)17(12)26)35-22(31)30-19(16)23(27,28)29/h3-10,18H,2H2,1H3/b15-10-/t18-/m0/s1. The van der Waals surface area contributed by atoms with Crippen LogP contribution in [-0.4, -0.2) is 23.3 Å². The molecule has 2 heterocycles. The van der Waals surface area contributed by atoms with Gasteiger partial charge in [0, 0.05) is 5.02 Å². The van der Waals surface area contributed by atoms with E-state index in [4.69, 9.17) is 39.5 Å². The lowest BCUT2D eigenvalue weighted by atomic mass is 9.95. The third-order valence-corrected chi connectivity index (χ3v) is 7.12. The van der Waals surface area contributed by atoms with Crippen molar-refractivity contribution in [3.8, 4) is 0 Å². The van der Waals surface area contributed by atoms with E-state index in [9.17, 15) is 22.8 Å². The second kappa shape index (κ2) is 9.81. The molecule has 1 atom stereocenters. The highest BCUT2D eigenvalue weighted by Crippen LogP contribution is 2.38. The molecule has 5 nitrogen and oxygen atoms in total. The van der Waals surface area contributed by atoms with Crippen molar-refractivity contribution in [1.29, 1.82) is 0 Å². The van der Waals surface area contributed by atoms with Gasteiger partial charge in [0.05, 0.1) is 32.8 Å². The minimum atomic E-state index is -4.99. The number of fused-ring (bicyclic) bond motifs is 1. The number of carbonyl (C=O) groups is 1. The zero-order valence-corrected chi connectivity index (χ0v) is 20.8. The van der Waals surface area contributed by atoms with Crippen LogP contribution in [0.4, 0.5) is 13.2 Å². The molecule has 0 spiro atoms. The van der Waals surface area contributed by atoms with E-state index >= 15 is 0 Å². The molecule has 0 amide bonds. The van der Waals surface area contributed by atoms with Crippen LogP contribution in [0.15, 0.2) is 63.5 Å². The number of hydrogen-bond donors (Lipinski definition) is 0. The van der Waals surface area contributed by atoms with E-state index in [-0.39, 0.29) is 31.5 Å². The minimum absolute atomic E-state index is 0.0542. The molecule has 182 valence electrons. The maximum Gasteiger partial charge on any atom is 0.434 e. The Morgan fingerprint density at radius 2 is 1.86 bits per heavy atom. The fourth-order valence-electron chi connectivity index (χ4n) is 3.57. The number of alkyl halides is 3. The molecule has 3 aromatic rings. The zero-order valence-electron chi connectivity index (χ0n) is 17.7. The number of benzene rings is 2. The summed E-state index contributed by atoms with van der Waals surface area (Å²) in [6.45, 7) is 1.30. The third kappa shape index (κ3) is 4.91. The molecule has 0 aliphatic carbocycles. The summed E-state index contributed by atoms with van der Waals surface area (Å²) in [5.74, 6) is -1.23. The lowest BCUT2D eigenvalue weighted by Gasteiger charge is -2.26. The average Bonchev–Trinajstić information content (AvgIpc) is 3.11. The Hall–Kier alpha value is -2.59. The first kappa shape index (κ1) is 25.5. The van der Waals surface area contributed by atoms with E-state index in [2.05, 4.69) is 4.99 Å². The van der Waals surface area contributed by atoms with Crippen molar-refractivity contribution in [2.24, 2.45) is 4.99 Å². The summed E-state index contributed by atoms with van der Waals surface area (Å²) in [6, 6.07) is 9.12. The van der Waals surface area contributed by atoms with Crippen LogP contribution < -0.4 is 14.9 Å². The first-order chi connectivity index (χ1) is 16.5. The van der Waals surface area contributed by atoms with Crippen LogP contribution in [0.25, 0.3) is 6.08 Å². The summed E-state index contributed by atoms with van der Waals surface area (Å²) < 4.78 is 48.3. The SMILES string of the molecule is CCOC(=O)C1=C(C(F)(F)F)N=c2s/c(=C\c3cccc(Cl)c3Cl)c(=O)n2[C@H]1c1ccc(Cl)cc1. The maximum absolute atomic E-state index is 14.1. The molecule has 0 unspecified atom stereocenters. The molecule has 0 radical (unpaired) electrons.